The molecule has 0 atom stereocenters. The third-order valence-corrected chi connectivity index (χ3v) is 6.17. The molecule has 1 aliphatic heterocycles. The van der Waals surface area contributed by atoms with Crippen LogP contribution in [0.3, 0.4) is 0 Å². The van der Waals surface area contributed by atoms with Crippen LogP contribution in [0.2, 0.25) is 0 Å². The summed E-state index contributed by atoms with van der Waals surface area (Å²) in [5.74, 6) is 1.41. The summed E-state index contributed by atoms with van der Waals surface area (Å²) in [5, 5.41) is 4.19. The summed E-state index contributed by atoms with van der Waals surface area (Å²) in [6.45, 7) is 3.17. The minimum atomic E-state index is -4.39. The summed E-state index contributed by atoms with van der Waals surface area (Å²) >= 11 is 0. The number of halogens is 4. The fourth-order valence-corrected chi connectivity index (χ4v) is 4.12. The molecule has 0 unspecified atom stereocenters. The maximum absolute atomic E-state index is 13.3. The number of hydrogen-bond donors (Lipinski definition) is 0. The first-order chi connectivity index (χ1) is 15.3. The smallest absolute Gasteiger partial charge is 0.354 e. The highest BCUT2D eigenvalue weighted by Gasteiger charge is 2.50. The van der Waals surface area contributed by atoms with Crippen molar-refractivity contribution in [3.8, 4) is 0 Å². The third-order valence-electron chi connectivity index (χ3n) is 6.17. The molecule has 0 bridgehead atoms. The summed E-state index contributed by atoms with van der Waals surface area (Å²) < 4.78 is 56.9. The van der Waals surface area contributed by atoms with E-state index in [1.807, 2.05) is 4.90 Å². The van der Waals surface area contributed by atoms with Crippen molar-refractivity contribution in [3.05, 3.63) is 71.3 Å². The van der Waals surface area contributed by atoms with Crippen molar-refractivity contribution >= 4 is 5.82 Å². The molecule has 0 spiro atoms. The second-order valence-corrected chi connectivity index (χ2v) is 8.27. The standard InChI is InChI=1S/C22H21F4N5O/c23-17-4-1-15(2-5-17)21(7-8-21)20-28-19(32-29-20)14-30-9-11-31(12-10-30)18-6-3-16(13-27-18)22(24,25)26/h1-6,13H,7-12,14H2. The Morgan fingerprint density at radius 3 is 2.28 bits per heavy atom. The second-order valence-electron chi connectivity index (χ2n) is 8.27. The number of pyridine rings is 1. The monoisotopic (exact) mass is 447 g/mol. The lowest BCUT2D eigenvalue weighted by Gasteiger charge is -2.34. The summed E-state index contributed by atoms with van der Waals surface area (Å²) in [6.07, 6.45) is -1.72. The van der Waals surface area contributed by atoms with Crippen LogP contribution in [-0.2, 0) is 18.1 Å². The Bertz CT molecular complexity index is 1070. The molecule has 32 heavy (non-hydrogen) atoms. The van der Waals surface area contributed by atoms with Gasteiger partial charge in [0.15, 0.2) is 5.82 Å². The molecule has 0 radical (unpaired) electrons. The van der Waals surface area contributed by atoms with Gasteiger partial charge in [-0.25, -0.2) is 9.37 Å². The lowest BCUT2D eigenvalue weighted by molar-refractivity contribution is -0.137. The van der Waals surface area contributed by atoms with Crippen molar-refractivity contribution in [1.82, 2.24) is 20.0 Å². The Morgan fingerprint density at radius 1 is 0.969 bits per heavy atom. The number of hydrogen-bond acceptors (Lipinski definition) is 6. The van der Waals surface area contributed by atoms with Crippen molar-refractivity contribution in [3.63, 3.8) is 0 Å². The van der Waals surface area contributed by atoms with Gasteiger partial charge in [-0.3, -0.25) is 4.90 Å². The van der Waals surface area contributed by atoms with Crippen LogP contribution < -0.4 is 4.90 Å². The van der Waals surface area contributed by atoms with Crippen molar-refractivity contribution in [2.75, 3.05) is 31.1 Å². The van der Waals surface area contributed by atoms with Gasteiger partial charge in [-0.05, 0) is 42.7 Å². The molecule has 3 heterocycles. The Hall–Kier alpha value is -3.01. The average Bonchev–Trinajstić information content (AvgIpc) is 3.46. The number of aromatic nitrogens is 3. The quantitative estimate of drug-likeness (QED) is 0.551. The predicted molar refractivity (Wildman–Crippen MR) is 107 cm³/mol. The predicted octanol–water partition coefficient (Wildman–Crippen LogP) is 4.02. The van der Waals surface area contributed by atoms with E-state index < -0.39 is 11.7 Å². The summed E-state index contributed by atoms with van der Waals surface area (Å²) in [6, 6.07) is 8.90. The number of nitrogens with zero attached hydrogens (tertiary/aromatic N) is 5. The second kappa shape index (κ2) is 7.84. The van der Waals surface area contributed by atoms with Crippen molar-refractivity contribution in [2.45, 2.75) is 31.0 Å². The highest BCUT2D eigenvalue weighted by molar-refractivity contribution is 5.41. The molecule has 2 aliphatic rings. The Kier molecular flexibility index (Phi) is 5.11. The largest absolute Gasteiger partial charge is 0.417 e. The zero-order chi connectivity index (χ0) is 22.3. The molecule has 5 rings (SSSR count). The van der Waals surface area contributed by atoms with Crippen LogP contribution in [0.25, 0.3) is 0 Å². The molecule has 1 aliphatic carbocycles. The van der Waals surface area contributed by atoms with E-state index in [0.717, 1.165) is 30.7 Å². The molecular weight excluding hydrogens is 426 g/mol. The van der Waals surface area contributed by atoms with Gasteiger partial charge in [-0.15, -0.1) is 0 Å². The van der Waals surface area contributed by atoms with Gasteiger partial charge >= 0.3 is 6.18 Å². The van der Waals surface area contributed by atoms with Crippen molar-refractivity contribution in [2.24, 2.45) is 0 Å². The Balaban J connectivity index is 1.19. The fraction of sp³-hybridized carbons (Fsp3) is 0.409. The minimum absolute atomic E-state index is 0.274. The number of piperazine rings is 1. The van der Waals surface area contributed by atoms with E-state index in [4.69, 9.17) is 4.52 Å². The van der Waals surface area contributed by atoms with E-state index in [2.05, 4.69) is 20.0 Å². The van der Waals surface area contributed by atoms with E-state index in [0.29, 0.717) is 50.3 Å². The van der Waals surface area contributed by atoms with E-state index in [1.165, 1.54) is 18.2 Å². The van der Waals surface area contributed by atoms with Crippen LogP contribution in [-0.4, -0.2) is 46.2 Å². The van der Waals surface area contributed by atoms with Crippen molar-refractivity contribution in [1.29, 1.82) is 0 Å². The van der Waals surface area contributed by atoms with Gasteiger partial charge in [-0.1, -0.05) is 17.3 Å². The molecule has 1 saturated carbocycles. The number of anilines is 1. The Labute approximate surface area is 181 Å². The lowest BCUT2D eigenvalue weighted by atomic mass is 9.95. The van der Waals surface area contributed by atoms with Gasteiger partial charge in [-0.2, -0.15) is 18.2 Å². The minimum Gasteiger partial charge on any atom is -0.354 e. The van der Waals surface area contributed by atoms with Gasteiger partial charge in [0, 0.05) is 32.4 Å². The fourth-order valence-electron chi connectivity index (χ4n) is 4.12. The summed E-state index contributed by atoms with van der Waals surface area (Å²) in [7, 11) is 0. The van der Waals surface area contributed by atoms with Crippen LogP contribution in [0.1, 0.15) is 35.7 Å². The molecule has 2 aromatic heterocycles. The number of alkyl halides is 3. The number of benzene rings is 1. The molecular formula is C22H21F4N5O. The van der Waals surface area contributed by atoms with Crippen LogP contribution in [0.5, 0.6) is 0 Å². The topological polar surface area (TPSA) is 58.3 Å². The highest BCUT2D eigenvalue weighted by Crippen LogP contribution is 2.52. The highest BCUT2D eigenvalue weighted by atomic mass is 19.4. The van der Waals surface area contributed by atoms with E-state index in [-0.39, 0.29) is 11.2 Å². The van der Waals surface area contributed by atoms with E-state index in [1.54, 1.807) is 12.1 Å². The first-order valence-electron chi connectivity index (χ1n) is 10.4. The number of rotatable bonds is 5. The van der Waals surface area contributed by atoms with Gasteiger partial charge in [0.2, 0.25) is 5.89 Å². The van der Waals surface area contributed by atoms with Crippen LogP contribution in [0.4, 0.5) is 23.4 Å². The Morgan fingerprint density at radius 2 is 1.69 bits per heavy atom. The van der Waals surface area contributed by atoms with E-state index >= 15 is 0 Å². The zero-order valence-electron chi connectivity index (χ0n) is 17.1. The summed E-state index contributed by atoms with van der Waals surface area (Å²) in [5.41, 5.74) is -0.0485. The van der Waals surface area contributed by atoms with Gasteiger partial charge in [0.05, 0.1) is 17.5 Å². The zero-order valence-corrected chi connectivity index (χ0v) is 17.1. The molecule has 1 saturated heterocycles. The SMILES string of the molecule is Fc1ccc(C2(c3noc(CN4CCN(c5ccc(C(F)(F)F)cn5)CC4)n3)CC2)cc1. The molecule has 1 aromatic carbocycles. The lowest BCUT2D eigenvalue weighted by Crippen LogP contribution is -2.46. The van der Waals surface area contributed by atoms with Crippen LogP contribution in [0, 0.1) is 5.82 Å². The maximum Gasteiger partial charge on any atom is 0.417 e. The van der Waals surface area contributed by atoms with Crippen molar-refractivity contribution < 1.29 is 22.1 Å². The third kappa shape index (κ3) is 4.06. The van der Waals surface area contributed by atoms with Gasteiger partial charge < -0.3 is 9.42 Å². The normalized spacial score (nSPS) is 18.7. The molecule has 10 heteroatoms. The van der Waals surface area contributed by atoms with Crippen LogP contribution in [0.15, 0.2) is 47.1 Å². The van der Waals surface area contributed by atoms with Gasteiger partial charge in [0.1, 0.15) is 11.6 Å². The van der Waals surface area contributed by atoms with Crippen LogP contribution >= 0.6 is 0 Å². The first kappa shape index (κ1) is 20.9. The molecule has 3 aromatic rings. The molecule has 2 fully saturated rings. The van der Waals surface area contributed by atoms with Gasteiger partial charge in [0.25, 0.3) is 0 Å². The first-order valence-corrected chi connectivity index (χ1v) is 10.4. The molecule has 0 amide bonds. The molecule has 168 valence electrons. The molecule has 0 N–H and O–H groups in total. The van der Waals surface area contributed by atoms with E-state index in [9.17, 15) is 17.6 Å². The maximum atomic E-state index is 13.3. The summed E-state index contributed by atoms with van der Waals surface area (Å²) in [4.78, 5) is 12.7. The average molecular weight is 447 g/mol. The molecule has 6 nitrogen and oxygen atoms in total.